The molecule has 1 atom stereocenters. The molecule has 3 aromatic rings. The fraction of sp³-hybridized carbons (Fsp3) is 0.458. The molecule has 1 N–H and O–H groups in total. The third-order valence-electron chi connectivity index (χ3n) is 6.89. The Labute approximate surface area is 186 Å². The zero-order valence-electron chi connectivity index (χ0n) is 18.0. The first-order valence-electron chi connectivity index (χ1n) is 11.1. The Kier molecular flexibility index (Phi) is 5.08. The molecule has 5 rings (SSSR count). The SMILES string of the molecule is CC1CCC(NC(=O)[C@]2(C)Cn3c(nc4ccccc43)C(=O)N2Cc2cccs2)CC1. The van der Waals surface area contributed by atoms with E-state index in [0.29, 0.717) is 18.9 Å². The summed E-state index contributed by atoms with van der Waals surface area (Å²) in [5.41, 5.74) is 0.695. The van der Waals surface area contributed by atoms with Gasteiger partial charge in [0.25, 0.3) is 5.91 Å². The molecule has 0 saturated heterocycles. The lowest BCUT2D eigenvalue weighted by Gasteiger charge is -2.44. The number of hydrogen-bond acceptors (Lipinski definition) is 4. The van der Waals surface area contributed by atoms with Gasteiger partial charge >= 0.3 is 0 Å². The molecule has 0 radical (unpaired) electrons. The maximum Gasteiger partial charge on any atom is 0.291 e. The number of nitrogens with one attached hydrogen (secondary N) is 1. The number of fused-ring (bicyclic) bond motifs is 3. The van der Waals surface area contributed by atoms with Gasteiger partial charge in [0.05, 0.1) is 24.1 Å². The van der Waals surface area contributed by atoms with Crippen LogP contribution in [-0.4, -0.2) is 37.8 Å². The van der Waals surface area contributed by atoms with Gasteiger partial charge in [-0.05, 0) is 62.1 Å². The molecule has 1 aliphatic carbocycles. The monoisotopic (exact) mass is 436 g/mol. The number of thiophene rings is 1. The van der Waals surface area contributed by atoms with Crippen molar-refractivity contribution < 1.29 is 9.59 Å². The van der Waals surface area contributed by atoms with Crippen LogP contribution in [0.25, 0.3) is 11.0 Å². The molecule has 1 aromatic carbocycles. The van der Waals surface area contributed by atoms with Gasteiger partial charge in [0, 0.05) is 10.9 Å². The van der Waals surface area contributed by atoms with Crippen LogP contribution in [0.2, 0.25) is 0 Å². The van der Waals surface area contributed by atoms with Crippen LogP contribution in [0, 0.1) is 5.92 Å². The zero-order chi connectivity index (χ0) is 21.6. The Morgan fingerprint density at radius 2 is 1.97 bits per heavy atom. The summed E-state index contributed by atoms with van der Waals surface area (Å²) in [6, 6.07) is 11.9. The van der Waals surface area contributed by atoms with Crippen molar-refractivity contribution in [2.24, 2.45) is 5.92 Å². The second-order valence-electron chi connectivity index (χ2n) is 9.19. The number of carbonyl (C=O) groups excluding carboxylic acids is 2. The first-order valence-corrected chi connectivity index (χ1v) is 11.9. The van der Waals surface area contributed by atoms with Crippen molar-refractivity contribution in [2.75, 3.05) is 0 Å². The summed E-state index contributed by atoms with van der Waals surface area (Å²) in [7, 11) is 0. The number of hydrogen-bond donors (Lipinski definition) is 1. The van der Waals surface area contributed by atoms with Gasteiger partial charge in [-0.3, -0.25) is 9.59 Å². The second-order valence-corrected chi connectivity index (χ2v) is 10.2. The molecular formula is C24H28N4O2S. The predicted octanol–water partition coefficient (Wildman–Crippen LogP) is 4.21. The summed E-state index contributed by atoms with van der Waals surface area (Å²) in [5, 5.41) is 5.29. The molecule has 0 bridgehead atoms. The number of amides is 2. The van der Waals surface area contributed by atoms with Crippen molar-refractivity contribution in [3.8, 4) is 0 Å². The molecule has 1 fully saturated rings. The lowest BCUT2D eigenvalue weighted by atomic mass is 9.86. The van der Waals surface area contributed by atoms with E-state index in [0.717, 1.165) is 47.5 Å². The summed E-state index contributed by atoms with van der Waals surface area (Å²) in [6.07, 6.45) is 4.27. The molecule has 162 valence electrons. The number of rotatable bonds is 4. The lowest BCUT2D eigenvalue weighted by molar-refractivity contribution is -0.134. The Morgan fingerprint density at radius 3 is 2.71 bits per heavy atom. The van der Waals surface area contributed by atoms with Gasteiger partial charge in [0.15, 0.2) is 5.82 Å². The van der Waals surface area contributed by atoms with E-state index < -0.39 is 5.54 Å². The Morgan fingerprint density at radius 1 is 1.19 bits per heavy atom. The number of carbonyl (C=O) groups is 2. The summed E-state index contributed by atoms with van der Waals surface area (Å²) in [5.74, 6) is 0.871. The number of aromatic nitrogens is 2. The Hall–Kier alpha value is -2.67. The first kappa shape index (κ1) is 20.2. The summed E-state index contributed by atoms with van der Waals surface area (Å²) in [4.78, 5) is 34.7. The van der Waals surface area contributed by atoms with E-state index in [1.165, 1.54) is 0 Å². The highest BCUT2D eigenvalue weighted by Gasteiger charge is 2.49. The van der Waals surface area contributed by atoms with Crippen LogP contribution in [0.1, 0.15) is 55.0 Å². The highest BCUT2D eigenvalue weighted by Crippen LogP contribution is 2.33. The van der Waals surface area contributed by atoms with E-state index in [1.807, 2.05) is 53.3 Å². The molecule has 0 unspecified atom stereocenters. The first-order chi connectivity index (χ1) is 15.0. The maximum absolute atomic E-state index is 13.7. The van der Waals surface area contributed by atoms with Gasteiger partial charge in [0.2, 0.25) is 5.91 Å². The van der Waals surface area contributed by atoms with Crippen LogP contribution in [0.3, 0.4) is 0 Å². The fourth-order valence-corrected chi connectivity index (χ4v) is 5.57. The van der Waals surface area contributed by atoms with Crippen LogP contribution in [-0.2, 0) is 17.9 Å². The molecule has 7 heteroatoms. The highest BCUT2D eigenvalue weighted by atomic mass is 32.1. The predicted molar refractivity (Wildman–Crippen MR) is 122 cm³/mol. The number of imidazole rings is 1. The van der Waals surface area contributed by atoms with Crippen LogP contribution in [0.15, 0.2) is 41.8 Å². The van der Waals surface area contributed by atoms with Crippen LogP contribution in [0.4, 0.5) is 0 Å². The van der Waals surface area contributed by atoms with Crippen LogP contribution >= 0.6 is 11.3 Å². The van der Waals surface area contributed by atoms with E-state index in [9.17, 15) is 9.59 Å². The number of para-hydroxylation sites is 2. The zero-order valence-corrected chi connectivity index (χ0v) is 18.8. The maximum atomic E-state index is 13.7. The average molecular weight is 437 g/mol. The molecular weight excluding hydrogens is 408 g/mol. The smallest absolute Gasteiger partial charge is 0.291 e. The van der Waals surface area contributed by atoms with Gasteiger partial charge in [0.1, 0.15) is 5.54 Å². The summed E-state index contributed by atoms with van der Waals surface area (Å²) in [6.45, 7) is 4.98. The topological polar surface area (TPSA) is 67.2 Å². The third kappa shape index (κ3) is 3.55. The van der Waals surface area contributed by atoms with Crippen molar-refractivity contribution in [3.63, 3.8) is 0 Å². The van der Waals surface area contributed by atoms with Crippen molar-refractivity contribution >= 4 is 34.2 Å². The summed E-state index contributed by atoms with van der Waals surface area (Å²) < 4.78 is 1.92. The van der Waals surface area contributed by atoms with Crippen molar-refractivity contribution in [3.05, 3.63) is 52.5 Å². The molecule has 1 saturated carbocycles. The van der Waals surface area contributed by atoms with Gasteiger partial charge in [-0.2, -0.15) is 0 Å². The van der Waals surface area contributed by atoms with E-state index in [2.05, 4.69) is 17.2 Å². The number of benzene rings is 1. The van der Waals surface area contributed by atoms with Crippen molar-refractivity contribution in [1.82, 2.24) is 19.8 Å². The van der Waals surface area contributed by atoms with E-state index >= 15 is 0 Å². The Bertz CT molecular complexity index is 1110. The van der Waals surface area contributed by atoms with Gasteiger partial charge in [-0.1, -0.05) is 25.1 Å². The minimum Gasteiger partial charge on any atom is -0.351 e. The van der Waals surface area contributed by atoms with Gasteiger partial charge < -0.3 is 14.8 Å². The van der Waals surface area contributed by atoms with Crippen LogP contribution < -0.4 is 5.32 Å². The van der Waals surface area contributed by atoms with Gasteiger partial charge in [-0.15, -0.1) is 11.3 Å². The summed E-state index contributed by atoms with van der Waals surface area (Å²) >= 11 is 1.60. The lowest BCUT2D eigenvalue weighted by Crippen LogP contribution is -2.64. The number of nitrogens with zero attached hydrogens (tertiary/aromatic N) is 3. The third-order valence-corrected chi connectivity index (χ3v) is 7.75. The molecule has 3 heterocycles. The van der Waals surface area contributed by atoms with Crippen molar-refractivity contribution in [1.29, 1.82) is 0 Å². The highest BCUT2D eigenvalue weighted by molar-refractivity contribution is 7.09. The largest absolute Gasteiger partial charge is 0.351 e. The quantitative estimate of drug-likeness (QED) is 0.666. The van der Waals surface area contributed by atoms with E-state index in [-0.39, 0.29) is 17.9 Å². The minimum atomic E-state index is -0.986. The fourth-order valence-electron chi connectivity index (χ4n) is 4.88. The van der Waals surface area contributed by atoms with Crippen LogP contribution in [0.5, 0.6) is 0 Å². The molecule has 1 aliphatic heterocycles. The molecule has 6 nitrogen and oxygen atoms in total. The molecule has 31 heavy (non-hydrogen) atoms. The second kappa shape index (κ2) is 7.79. The molecule has 2 aliphatic rings. The molecule has 2 aromatic heterocycles. The standard InChI is InChI=1S/C24H28N4O2S/c1-16-9-11-17(12-10-16)25-23(30)24(2)15-27-20-8-4-3-7-19(20)26-21(27)22(29)28(24)14-18-6-5-13-31-18/h3-8,13,16-17H,9-12,14-15H2,1-2H3,(H,25,30)/t16?,17?,24-/m0/s1. The van der Waals surface area contributed by atoms with Crippen molar-refractivity contribution in [2.45, 2.75) is 64.2 Å². The van der Waals surface area contributed by atoms with E-state index in [4.69, 9.17) is 0 Å². The molecule has 0 spiro atoms. The van der Waals surface area contributed by atoms with E-state index in [1.54, 1.807) is 16.2 Å². The average Bonchev–Trinajstić information content (AvgIpc) is 3.41. The molecule has 2 amide bonds. The normalized spacial score (nSPS) is 26.1. The Balaban J connectivity index is 1.51. The minimum absolute atomic E-state index is 0.0691. The van der Waals surface area contributed by atoms with Gasteiger partial charge in [-0.25, -0.2) is 4.98 Å².